The fourth-order valence-electron chi connectivity index (χ4n) is 2.16. The molecule has 0 radical (unpaired) electrons. The molecule has 0 saturated carbocycles. The van der Waals surface area contributed by atoms with Gasteiger partial charge in [0.2, 0.25) is 0 Å². The van der Waals surface area contributed by atoms with Crippen LogP contribution >= 0.6 is 0 Å². The van der Waals surface area contributed by atoms with E-state index in [0.717, 1.165) is 28.0 Å². The minimum Gasteiger partial charge on any atom is -0.478 e. The second-order valence-corrected chi connectivity index (χ2v) is 5.19. The lowest BCUT2D eigenvalue weighted by Gasteiger charge is -2.13. The fourth-order valence-corrected chi connectivity index (χ4v) is 2.16. The summed E-state index contributed by atoms with van der Waals surface area (Å²) in [7, 11) is 4.02. The van der Waals surface area contributed by atoms with Crippen molar-refractivity contribution >= 4 is 17.2 Å². The summed E-state index contributed by atoms with van der Waals surface area (Å²) in [4.78, 5) is 12.8. The van der Waals surface area contributed by atoms with Crippen molar-refractivity contribution in [2.75, 3.05) is 19.0 Å². The number of hydrogen-bond donors (Lipinski definition) is 1. The molecule has 3 nitrogen and oxygen atoms in total. The fraction of sp³-hybridized carbons (Fsp3) is 0.167. The van der Waals surface area contributed by atoms with Gasteiger partial charge in [-0.05, 0) is 47.4 Å². The van der Waals surface area contributed by atoms with Gasteiger partial charge >= 0.3 is 5.97 Å². The van der Waals surface area contributed by atoms with Crippen LogP contribution in [0.4, 0.5) is 5.69 Å². The molecule has 3 heteroatoms. The van der Waals surface area contributed by atoms with Crippen LogP contribution in [0.15, 0.2) is 54.6 Å². The lowest BCUT2D eigenvalue weighted by atomic mass is 9.99. The summed E-state index contributed by atoms with van der Waals surface area (Å²) in [6.07, 6.45) is 1.23. The summed E-state index contributed by atoms with van der Waals surface area (Å²) < 4.78 is 0. The van der Waals surface area contributed by atoms with Gasteiger partial charge in [0, 0.05) is 25.9 Å². The van der Waals surface area contributed by atoms with Gasteiger partial charge in [0.15, 0.2) is 0 Å². The molecule has 0 fully saturated rings. The summed E-state index contributed by atoms with van der Waals surface area (Å²) >= 11 is 0. The topological polar surface area (TPSA) is 40.5 Å². The Morgan fingerprint density at radius 2 is 1.71 bits per heavy atom. The number of carbonyl (C=O) groups is 1. The number of carboxylic acid groups (broad SMARTS) is 1. The Hall–Kier alpha value is -2.55. The van der Waals surface area contributed by atoms with Crippen molar-refractivity contribution in [1.82, 2.24) is 0 Å². The molecule has 0 amide bonds. The Morgan fingerprint density at radius 3 is 2.29 bits per heavy atom. The van der Waals surface area contributed by atoms with E-state index in [4.69, 9.17) is 5.11 Å². The van der Waals surface area contributed by atoms with Crippen LogP contribution in [-0.2, 0) is 4.79 Å². The zero-order chi connectivity index (χ0) is 15.4. The molecule has 0 atom stereocenters. The monoisotopic (exact) mass is 281 g/mol. The Bertz CT molecular complexity index is 670. The number of aliphatic carboxylic acids is 1. The predicted molar refractivity (Wildman–Crippen MR) is 87.5 cm³/mol. The number of allylic oxidation sites excluding steroid dienone is 1. The normalized spacial score (nSPS) is 11.3. The number of rotatable bonds is 4. The van der Waals surface area contributed by atoms with E-state index >= 15 is 0 Å². The molecule has 0 aliphatic carbocycles. The summed E-state index contributed by atoms with van der Waals surface area (Å²) in [5.41, 5.74) is 5.01. The van der Waals surface area contributed by atoms with Gasteiger partial charge in [-0.3, -0.25) is 0 Å². The van der Waals surface area contributed by atoms with Crippen molar-refractivity contribution in [3.05, 3.63) is 60.2 Å². The summed E-state index contributed by atoms with van der Waals surface area (Å²) in [5, 5.41) is 8.83. The minimum atomic E-state index is -0.923. The van der Waals surface area contributed by atoms with E-state index in [9.17, 15) is 4.79 Å². The molecule has 0 aliphatic rings. The first-order chi connectivity index (χ1) is 9.97. The largest absolute Gasteiger partial charge is 0.478 e. The van der Waals surface area contributed by atoms with Crippen molar-refractivity contribution in [1.29, 1.82) is 0 Å². The molecular formula is C18H19NO2. The average molecular weight is 281 g/mol. The van der Waals surface area contributed by atoms with Crippen LogP contribution in [0.25, 0.3) is 16.7 Å². The first-order valence-corrected chi connectivity index (χ1v) is 6.77. The molecule has 21 heavy (non-hydrogen) atoms. The van der Waals surface area contributed by atoms with Gasteiger partial charge in [0.25, 0.3) is 0 Å². The lowest BCUT2D eigenvalue weighted by molar-refractivity contribution is -0.131. The van der Waals surface area contributed by atoms with Gasteiger partial charge in [-0.25, -0.2) is 4.79 Å². The molecule has 0 saturated heterocycles. The van der Waals surface area contributed by atoms with Crippen LogP contribution in [0.3, 0.4) is 0 Å². The zero-order valence-electron chi connectivity index (χ0n) is 12.5. The van der Waals surface area contributed by atoms with Gasteiger partial charge in [-0.1, -0.05) is 30.3 Å². The van der Waals surface area contributed by atoms with Gasteiger partial charge in [-0.15, -0.1) is 0 Å². The van der Waals surface area contributed by atoms with Crippen molar-refractivity contribution < 1.29 is 9.90 Å². The Morgan fingerprint density at radius 1 is 1.05 bits per heavy atom. The SMILES string of the molecule is C/C(=C\C(=O)O)c1cccc(-c2ccc(N(C)C)cc2)c1. The van der Waals surface area contributed by atoms with Gasteiger partial charge in [0.1, 0.15) is 0 Å². The molecule has 0 heterocycles. The third-order valence-electron chi connectivity index (χ3n) is 3.37. The molecule has 108 valence electrons. The second kappa shape index (κ2) is 6.27. The predicted octanol–water partition coefficient (Wildman–Crippen LogP) is 3.91. The minimum absolute atomic E-state index is 0.745. The third-order valence-corrected chi connectivity index (χ3v) is 3.37. The van der Waals surface area contributed by atoms with Crippen LogP contribution in [0.1, 0.15) is 12.5 Å². The summed E-state index contributed by atoms with van der Waals surface area (Å²) in [5.74, 6) is -0.923. The van der Waals surface area contributed by atoms with Gasteiger partial charge in [-0.2, -0.15) is 0 Å². The number of nitrogens with zero attached hydrogens (tertiary/aromatic N) is 1. The maximum atomic E-state index is 10.8. The molecule has 0 unspecified atom stereocenters. The first kappa shape index (κ1) is 14.9. The molecule has 0 bridgehead atoms. The maximum Gasteiger partial charge on any atom is 0.328 e. The highest BCUT2D eigenvalue weighted by Crippen LogP contribution is 2.25. The molecular weight excluding hydrogens is 262 g/mol. The maximum absolute atomic E-state index is 10.8. The first-order valence-electron chi connectivity index (χ1n) is 6.77. The molecule has 2 rings (SSSR count). The Labute approximate surface area is 125 Å². The van der Waals surface area contributed by atoms with Crippen molar-refractivity contribution in [3.63, 3.8) is 0 Å². The number of carboxylic acids is 1. The lowest BCUT2D eigenvalue weighted by Crippen LogP contribution is -2.07. The van der Waals surface area contributed by atoms with E-state index in [2.05, 4.69) is 29.2 Å². The van der Waals surface area contributed by atoms with Crippen LogP contribution in [0.2, 0.25) is 0 Å². The third kappa shape index (κ3) is 3.72. The van der Waals surface area contributed by atoms with Gasteiger partial charge in [0.05, 0.1) is 0 Å². The number of anilines is 1. The van der Waals surface area contributed by atoms with E-state index < -0.39 is 5.97 Å². The van der Waals surface area contributed by atoms with Crippen molar-refractivity contribution in [2.24, 2.45) is 0 Å². The van der Waals surface area contributed by atoms with E-state index in [1.54, 1.807) is 0 Å². The Balaban J connectivity index is 2.35. The van der Waals surface area contributed by atoms with E-state index in [0.29, 0.717) is 0 Å². The van der Waals surface area contributed by atoms with Crippen LogP contribution < -0.4 is 4.90 Å². The Kier molecular flexibility index (Phi) is 4.43. The molecule has 0 aromatic heterocycles. The van der Waals surface area contributed by atoms with E-state index in [1.807, 2.05) is 45.3 Å². The number of hydrogen-bond acceptors (Lipinski definition) is 2. The molecule has 0 spiro atoms. The zero-order valence-corrected chi connectivity index (χ0v) is 12.5. The van der Waals surface area contributed by atoms with Crippen LogP contribution in [0, 0.1) is 0 Å². The van der Waals surface area contributed by atoms with Crippen molar-refractivity contribution in [3.8, 4) is 11.1 Å². The standard InChI is InChI=1S/C18H19NO2/c1-13(11-18(20)21)15-5-4-6-16(12-15)14-7-9-17(10-8-14)19(2)3/h4-12H,1-3H3,(H,20,21)/b13-11+. The summed E-state index contributed by atoms with van der Waals surface area (Å²) in [6, 6.07) is 16.2. The quantitative estimate of drug-likeness (QED) is 0.864. The summed E-state index contributed by atoms with van der Waals surface area (Å²) in [6.45, 7) is 1.81. The van der Waals surface area contributed by atoms with Crippen LogP contribution in [-0.4, -0.2) is 25.2 Å². The van der Waals surface area contributed by atoms with Crippen molar-refractivity contribution in [2.45, 2.75) is 6.92 Å². The highest BCUT2D eigenvalue weighted by atomic mass is 16.4. The molecule has 2 aromatic carbocycles. The van der Waals surface area contributed by atoms with Gasteiger partial charge < -0.3 is 10.0 Å². The molecule has 1 N–H and O–H groups in total. The van der Waals surface area contributed by atoms with E-state index in [1.165, 1.54) is 6.08 Å². The highest BCUT2D eigenvalue weighted by Gasteiger charge is 2.03. The smallest absolute Gasteiger partial charge is 0.328 e. The van der Waals surface area contributed by atoms with Crippen LogP contribution in [0.5, 0.6) is 0 Å². The second-order valence-electron chi connectivity index (χ2n) is 5.19. The average Bonchev–Trinajstić information content (AvgIpc) is 2.47. The highest BCUT2D eigenvalue weighted by molar-refractivity contribution is 5.90. The number of benzene rings is 2. The molecule has 2 aromatic rings. The van der Waals surface area contributed by atoms with E-state index in [-0.39, 0.29) is 0 Å². The molecule has 0 aliphatic heterocycles.